The number of rotatable bonds is 3. The number of thioether (sulfide) groups is 1. The van der Waals surface area contributed by atoms with Crippen LogP contribution in [0.4, 0.5) is 11.4 Å². The van der Waals surface area contributed by atoms with Crippen LogP contribution in [0.15, 0.2) is 24.3 Å². The van der Waals surface area contributed by atoms with E-state index in [0.717, 1.165) is 0 Å². The Hall–Kier alpha value is -0.830. The van der Waals surface area contributed by atoms with Crippen molar-refractivity contribution >= 4 is 23.1 Å². The lowest BCUT2D eigenvalue weighted by molar-refractivity contribution is 0.305. The SMILES string of the molecule is CC1(C)CCSCC1Nc1cccc(N2CCCC2)c1. The molecule has 0 bridgehead atoms. The van der Waals surface area contributed by atoms with E-state index in [1.807, 2.05) is 0 Å². The van der Waals surface area contributed by atoms with E-state index in [2.05, 4.69) is 60.1 Å². The van der Waals surface area contributed by atoms with Gasteiger partial charge >= 0.3 is 0 Å². The molecule has 20 heavy (non-hydrogen) atoms. The van der Waals surface area contributed by atoms with Gasteiger partial charge in [-0.2, -0.15) is 11.8 Å². The van der Waals surface area contributed by atoms with Crippen LogP contribution < -0.4 is 10.2 Å². The Morgan fingerprint density at radius 3 is 2.80 bits per heavy atom. The molecule has 2 aliphatic rings. The molecule has 3 rings (SSSR count). The molecule has 1 aromatic rings. The van der Waals surface area contributed by atoms with Crippen molar-refractivity contribution < 1.29 is 0 Å². The minimum absolute atomic E-state index is 0.398. The summed E-state index contributed by atoms with van der Waals surface area (Å²) < 4.78 is 0. The van der Waals surface area contributed by atoms with Gasteiger partial charge in [0.15, 0.2) is 0 Å². The predicted octanol–water partition coefficient (Wildman–Crippen LogP) is 4.23. The molecule has 110 valence electrons. The van der Waals surface area contributed by atoms with Gasteiger partial charge in [-0.1, -0.05) is 19.9 Å². The Morgan fingerprint density at radius 2 is 2.05 bits per heavy atom. The lowest BCUT2D eigenvalue weighted by atomic mass is 9.82. The normalized spacial score (nSPS) is 25.7. The summed E-state index contributed by atoms with van der Waals surface area (Å²) in [5, 5.41) is 3.79. The van der Waals surface area contributed by atoms with E-state index in [9.17, 15) is 0 Å². The monoisotopic (exact) mass is 290 g/mol. The zero-order chi connectivity index (χ0) is 14.0. The number of nitrogens with zero attached hydrogens (tertiary/aromatic N) is 1. The smallest absolute Gasteiger partial charge is 0.0403 e. The summed E-state index contributed by atoms with van der Waals surface area (Å²) in [6, 6.07) is 9.57. The number of hydrogen-bond acceptors (Lipinski definition) is 3. The first-order valence-corrected chi connectivity index (χ1v) is 9.00. The van der Waals surface area contributed by atoms with Gasteiger partial charge in [-0.3, -0.25) is 0 Å². The molecule has 0 aromatic heterocycles. The molecule has 2 heterocycles. The first-order valence-electron chi connectivity index (χ1n) is 7.84. The van der Waals surface area contributed by atoms with Crippen molar-refractivity contribution in [2.45, 2.75) is 39.2 Å². The first kappa shape index (κ1) is 14.1. The minimum atomic E-state index is 0.398. The molecule has 2 fully saturated rings. The van der Waals surface area contributed by atoms with Crippen LogP contribution in [0.5, 0.6) is 0 Å². The van der Waals surface area contributed by atoms with E-state index in [-0.39, 0.29) is 0 Å². The third kappa shape index (κ3) is 3.08. The van der Waals surface area contributed by atoms with Gasteiger partial charge in [-0.05, 0) is 48.6 Å². The Bertz CT molecular complexity index is 452. The van der Waals surface area contributed by atoms with Crippen molar-refractivity contribution in [1.29, 1.82) is 0 Å². The maximum Gasteiger partial charge on any atom is 0.0403 e. The van der Waals surface area contributed by atoms with Crippen LogP contribution in [0.25, 0.3) is 0 Å². The highest BCUT2D eigenvalue weighted by atomic mass is 32.2. The van der Waals surface area contributed by atoms with Crippen molar-refractivity contribution in [3.8, 4) is 0 Å². The molecule has 1 atom stereocenters. The van der Waals surface area contributed by atoms with Crippen molar-refractivity contribution in [2.75, 3.05) is 34.8 Å². The number of nitrogens with one attached hydrogen (secondary N) is 1. The molecule has 1 N–H and O–H groups in total. The highest BCUT2D eigenvalue weighted by molar-refractivity contribution is 7.99. The van der Waals surface area contributed by atoms with Crippen LogP contribution in [0, 0.1) is 5.41 Å². The minimum Gasteiger partial charge on any atom is -0.381 e. The largest absolute Gasteiger partial charge is 0.381 e. The van der Waals surface area contributed by atoms with E-state index in [1.54, 1.807) is 0 Å². The number of anilines is 2. The summed E-state index contributed by atoms with van der Waals surface area (Å²) in [4.78, 5) is 2.51. The lowest BCUT2D eigenvalue weighted by Crippen LogP contribution is -2.41. The summed E-state index contributed by atoms with van der Waals surface area (Å²) in [5.74, 6) is 2.53. The first-order chi connectivity index (χ1) is 9.65. The standard InChI is InChI=1S/C17H26N2S/c1-17(2)8-11-20-13-16(17)18-14-6-5-7-15(12-14)19-9-3-4-10-19/h5-7,12,16,18H,3-4,8-11,13H2,1-2H3. The molecule has 0 amide bonds. The van der Waals surface area contributed by atoms with E-state index in [4.69, 9.17) is 0 Å². The fourth-order valence-electron chi connectivity index (χ4n) is 3.14. The van der Waals surface area contributed by atoms with Gasteiger partial charge in [0.2, 0.25) is 0 Å². The molecule has 0 saturated carbocycles. The molecule has 1 unspecified atom stereocenters. The maximum atomic E-state index is 3.79. The third-order valence-electron chi connectivity index (χ3n) is 4.78. The van der Waals surface area contributed by atoms with Crippen molar-refractivity contribution in [1.82, 2.24) is 0 Å². The summed E-state index contributed by atoms with van der Waals surface area (Å²) in [5.41, 5.74) is 3.07. The molecule has 0 spiro atoms. The summed E-state index contributed by atoms with van der Waals surface area (Å²) in [7, 11) is 0. The molecular weight excluding hydrogens is 264 g/mol. The van der Waals surface area contributed by atoms with Crippen molar-refractivity contribution in [3.63, 3.8) is 0 Å². The molecule has 2 saturated heterocycles. The highest BCUT2D eigenvalue weighted by Crippen LogP contribution is 2.36. The maximum absolute atomic E-state index is 3.79. The van der Waals surface area contributed by atoms with Crippen LogP contribution in [0.3, 0.4) is 0 Å². The Balaban J connectivity index is 1.72. The molecule has 2 aliphatic heterocycles. The average molecular weight is 290 g/mol. The van der Waals surface area contributed by atoms with Gasteiger partial charge in [0.25, 0.3) is 0 Å². The molecular formula is C17H26N2S. The van der Waals surface area contributed by atoms with Crippen molar-refractivity contribution in [2.24, 2.45) is 5.41 Å². The van der Waals surface area contributed by atoms with Crippen LogP contribution in [-0.4, -0.2) is 30.6 Å². The highest BCUT2D eigenvalue weighted by Gasteiger charge is 2.32. The van der Waals surface area contributed by atoms with Crippen LogP contribution in [-0.2, 0) is 0 Å². The second-order valence-electron chi connectivity index (χ2n) is 6.75. The van der Waals surface area contributed by atoms with E-state index in [0.29, 0.717) is 11.5 Å². The molecule has 1 aromatic carbocycles. The lowest BCUT2D eigenvalue weighted by Gasteiger charge is -2.39. The zero-order valence-electron chi connectivity index (χ0n) is 12.7. The second kappa shape index (κ2) is 5.88. The van der Waals surface area contributed by atoms with Crippen LogP contribution >= 0.6 is 11.8 Å². The topological polar surface area (TPSA) is 15.3 Å². The van der Waals surface area contributed by atoms with E-state index in [1.165, 1.54) is 55.2 Å². The summed E-state index contributed by atoms with van der Waals surface area (Å²) in [6.07, 6.45) is 3.98. The zero-order valence-corrected chi connectivity index (χ0v) is 13.5. The molecule has 3 heteroatoms. The summed E-state index contributed by atoms with van der Waals surface area (Å²) in [6.45, 7) is 7.23. The van der Waals surface area contributed by atoms with Gasteiger partial charge in [-0.25, -0.2) is 0 Å². The summed E-state index contributed by atoms with van der Waals surface area (Å²) >= 11 is 2.08. The molecule has 0 aliphatic carbocycles. The third-order valence-corrected chi connectivity index (χ3v) is 5.84. The predicted molar refractivity (Wildman–Crippen MR) is 91.0 cm³/mol. The van der Waals surface area contributed by atoms with Crippen molar-refractivity contribution in [3.05, 3.63) is 24.3 Å². The van der Waals surface area contributed by atoms with Crippen LogP contribution in [0.1, 0.15) is 33.1 Å². The average Bonchev–Trinajstić information content (AvgIpc) is 2.96. The fraction of sp³-hybridized carbons (Fsp3) is 0.647. The van der Waals surface area contributed by atoms with Gasteiger partial charge in [0.1, 0.15) is 0 Å². The van der Waals surface area contributed by atoms with Crippen LogP contribution in [0.2, 0.25) is 0 Å². The van der Waals surface area contributed by atoms with Gasteiger partial charge in [0.05, 0.1) is 0 Å². The fourth-order valence-corrected chi connectivity index (χ4v) is 4.75. The van der Waals surface area contributed by atoms with Gasteiger partial charge in [0, 0.05) is 36.3 Å². The van der Waals surface area contributed by atoms with E-state index < -0.39 is 0 Å². The number of hydrogen-bond donors (Lipinski definition) is 1. The second-order valence-corrected chi connectivity index (χ2v) is 7.90. The Kier molecular flexibility index (Phi) is 4.16. The Morgan fingerprint density at radius 1 is 1.25 bits per heavy atom. The molecule has 2 nitrogen and oxygen atoms in total. The van der Waals surface area contributed by atoms with Gasteiger partial charge < -0.3 is 10.2 Å². The molecule has 0 radical (unpaired) electrons. The van der Waals surface area contributed by atoms with Gasteiger partial charge in [-0.15, -0.1) is 0 Å². The number of benzene rings is 1. The van der Waals surface area contributed by atoms with E-state index >= 15 is 0 Å². The Labute approximate surface area is 127 Å². The quantitative estimate of drug-likeness (QED) is 0.897.